The van der Waals surface area contributed by atoms with Crippen LogP contribution in [0.5, 0.6) is 0 Å². The van der Waals surface area contributed by atoms with Crippen molar-refractivity contribution < 1.29 is 19.1 Å². The lowest BCUT2D eigenvalue weighted by atomic mass is 10.2. The van der Waals surface area contributed by atoms with Gasteiger partial charge in [-0.05, 0) is 36.4 Å². The van der Waals surface area contributed by atoms with Crippen LogP contribution >= 0.6 is 0 Å². The van der Waals surface area contributed by atoms with Gasteiger partial charge in [0.15, 0.2) is 11.6 Å². The normalized spacial score (nSPS) is 12.7. The number of carbonyl (C=O) groups excluding carboxylic acids is 3. The third-order valence-electron chi connectivity index (χ3n) is 2.02. The van der Waals surface area contributed by atoms with Crippen molar-refractivity contribution in [2.45, 2.75) is 0 Å². The van der Waals surface area contributed by atoms with E-state index in [9.17, 15) is 14.4 Å². The van der Waals surface area contributed by atoms with E-state index in [1.165, 1.54) is 31.4 Å². The average molecular weight is 244 g/mol. The Labute approximate surface area is 105 Å². The van der Waals surface area contributed by atoms with Crippen molar-refractivity contribution in [3.8, 4) is 0 Å². The van der Waals surface area contributed by atoms with Crippen molar-refractivity contribution >= 4 is 17.5 Å². The van der Waals surface area contributed by atoms with Gasteiger partial charge >= 0.3 is 5.97 Å². The van der Waals surface area contributed by atoms with Crippen LogP contribution in [0.1, 0.15) is 10.4 Å². The average Bonchev–Trinajstić information content (AvgIpc) is 2.43. The van der Waals surface area contributed by atoms with Crippen molar-refractivity contribution in [1.82, 2.24) is 0 Å². The van der Waals surface area contributed by atoms with Gasteiger partial charge in [0.2, 0.25) is 0 Å². The minimum atomic E-state index is -0.291. The van der Waals surface area contributed by atoms with E-state index in [1.54, 1.807) is 24.3 Å². The number of hydrogen-bond acceptors (Lipinski definition) is 4. The SMILES string of the molecule is COC(=O)c1ccccc1.O=C1C=CC(=O)C=C1. The number of benzene rings is 1. The first-order chi connectivity index (χ1) is 8.63. The van der Waals surface area contributed by atoms with E-state index >= 15 is 0 Å². The lowest BCUT2D eigenvalue weighted by Crippen LogP contribution is -1.99. The van der Waals surface area contributed by atoms with Gasteiger partial charge in [-0.25, -0.2) is 4.79 Å². The van der Waals surface area contributed by atoms with Crippen LogP contribution in [0.2, 0.25) is 0 Å². The van der Waals surface area contributed by atoms with Gasteiger partial charge in [0.05, 0.1) is 12.7 Å². The lowest BCUT2D eigenvalue weighted by molar-refractivity contribution is -0.113. The van der Waals surface area contributed by atoms with Crippen LogP contribution in [0, 0.1) is 0 Å². The van der Waals surface area contributed by atoms with Crippen LogP contribution in [-0.2, 0) is 14.3 Å². The maximum Gasteiger partial charge on any atom is 0.337 e. The Balaban J connectivity index is 0.000000184. The largest absolute Gasteiger partial charge is 0.465 e. The maximum atomic E-state index is 10.8. The van der Waals surface area contributed by atoms with Gasteiger partial charge in [-0.1, -0.05) is 18.2 Å². The first-order valence-electron chi connectivity index (χ1n) is 5.21. The van der Waals surface area contributed by atoms with Crippen molar-refractivity contribution in [3.63, 3.8) is 0 Å². The summed E-state index contributed by atoms with van der Waals surface area (Å²) in [4.78, 5) is 31.4. The highest BCUT2D eigenvalue weighted by Gasteiger charge is 2.00. The van der Waals surface area contributed by atoms with Crippen LogP contribution in [0.25, 0.3) is 0 Å². The van der Waals surface area contributed by atoms with Crippen LogP contribution in [0.15, 0.2) is 54.6 Å². The molecule has 0 saturated carbocycles. The second-order valence-electron chi connectivity index (χ2n) is 3.33. The van der Waals surface area contributed by atoms with Crippen molar-refractivity contribution in [2.24, 2.45) is 0 Å². The molecule has 92 valence electrons. The highest BCUT2D eigenvalue weighted by Crippen LogP contribution is 1.98. The Morgan fingerprint density at radius 2 is 1.33 bits per heavy atom. The minimum absolute atomic E-state index is 0.121. The molecule has 0 bridgehead atoms. The monoisotopic (exact) mass is 244 g/mol. The van der Waals surface area contributed by atoms with E-state index in [0.29, 0.717) is 5.56 Å². The smallest absolute Gasteiger partial charge is 0.337 e. The second-order valence-corrected chi connectivity index (χ2v) is 3.33. The number of ketones is 2. The van der Waals surface area contributed by atoms with Gasteiger partial charge in [0.1, 0.15) is 0 Å². The molecule has 0 spiro atoms. The summed E-state index contributed by atoms with van der Waals surface area (Å²) >= 11 is 0. The molecule has 0 radical (unpaired) electrons. The molecule has 0 aromatic heterocycles. The molecule has 1 aliphatic rings. The van der Waals surface area contributed by atoms with Gasteiger partial charge < -0.3 is 4.74 Å². The molecule has 0 fully saturated rings. The van der Waals surface area contributed by atoms with E-state index in [0.717, 1.165) is 0 Å². The van der Waals surface area contributed by atoms with Crippen LogP contribution in [0.3, 0.4) is 0 Å². The third kappa shape index (κ3) is 4.57. The molecular weight excluding hydrogens is 232 g/mol. The summed E-state index contributed by atoms with van der Waals surface area (Å²) in [5, 5.41) is 0. The summed E-state index contributed by atoms with van der Waals surface area (Å²) in [5.74, 6) is -0.533. The summed E-state index contributed by atoms with van der Waals surface area (Å²) in [5.41, 5.74) is 0.588. The zero-order valence-corrected chi connectivity index (χ0v) is 9.83. The Morgan fingerprint density at radius 3 is 1.72 bits per heavy atom. The lowest BCUT2D eigenvalue weighted by Gasteiger charge is -1.95. The zero-order chi connectivity index (χ0) is 13.4. The van der Waals surface area contributed by atoms with Gasteiger partial charge in [-0.15, -0.1) is 0 Å². The number of ether oxygens (including phenoxy) is 1. The Hall–Kier alpha value is -2.49. The summed E-state index contributed by atoms with van der Waals surface area (Å²) < 4.78 is 4.50. The standard InChI is InChI=1S/C8H8O2.C6H4O2/c1-10-8(9)7-5-3-2-4-6-7;7-5-1-2-6(8)4-3-5/h2-6H,1H3;1-4H. The summed E-state index contributed by atoms with van der Waals surface area (Å²) in [7, 11) is 1.37. The molecule has 2 rings (SSSR count). The van der Waals surface area contributed by atoms with Gasteiger partial charge in [0, 0.05) is 0 Å². The molecule has 4 heteroatoms. The molecule has 0 heterocycles. The molecule has 0 unspecified atom stereocenters. The summed E-state index contributed by atoms with van der Waals surface area (Å²) in [6.07, 6.45) is 5.01. The summed E-state index contributed by atoms with van der Waals surface area (Å²) in [6, 6.07) is 8.88. The number of allylic oxidation sites excluding steroid dienone is 4. The van der Waals surface area contributed by atoms with E-state index in [-0.39, 0.29) is 17.5 Å². The number of rotatable bonds is 1. The molecule has 0 aliphatic heterocycles. The molecular formula is C14H12O4. The summed E-state index contributed by atoms with van der Waals surface area (Å²) in [6.45, 7) is 0. The molecule has 18 heavy (non-hydrogen) atoms. The van der Waals surface area contributed by atoms with Crippen LogP contribution in [-0.4, -0.2) is 24.6 Å². The fourth-order valence-electron chi connectivity index (χ4n) is 1.13. The Kier molecular flexibility index (Phi) is 5.25. The molecule has 0 amide bonds. The third-order valence-corrected chi connectivity index (χ3v) is 2.02. The molecule has 0 saturated heterocycles. The number of hydrogen-bond donors (Lipinski definition) is 0. The van der Waals surface area contributed by atoms with Crippen LogP contribution in [0.4, 0.5) is 0 Å². The number of carbonyl (C=O) groups is 3. The topological polar surface area (TPSA) is 60.4 Å². The fraction of sp³-hybridized carbons (Fsp3) is 0.0714. The number of esters is 1. The van der Waals surface area contributed by atoms with Crippen molar-refractivity contribution in [1.29, 1.82) is 0 Å². The van der Waals surface area contributed by atoms with Gasteiger partial charge in [-0.3, -0.25) is 9.59 Å². The highest BCUT2D eigenvalue weighted by atomic mass is 16.5. The van der Waals surface area contributed by atoms with Crippen LogP contribution < -0.4 is 0 Å². The van der Waals surface area contributed by atoms with E-state index in [1.807, 2.05) is 6.07 Å². The van der Waals surface area contributed by atoms with E-state index in [2.05, 4.69) is 4.74 Å². The number of methoxy groups -OCH3 is 1. The fourth-order valence-corrected chi connectivity index (χ4v) is 1.13. The first kappa shape index (κ1) is 13.6. The maximum absolute atomic E-state index is 10.8. The van der Waals surface area contributed by atoms with Gasteiger partial charge in [0.25, 0.3) is 0 Å². The first-order valence-corrected chi connectivity index (χ1v) is 5.21. The quantitative estimate of drug-likeness (QED) is 0.557. The second kappa shape index (κ2) is 6.96. The van der Waals surface area contributed by atoms with Crippen molar-refractivity contribution in [2.75, 3.05) is 7.11 Å². The predicted molar refractivity (Wildman–Crippen MR) is 66.1 cm³/mol. The molecule has 1 aromatic rings. The van der Waals surface area contributed by atoms with Crippen molar-refractivity contribution in [3.05, 3.63) is 60.2 Å². The zero-order valence-electron chi connectivity index (χ0n) is 9.83. The van der Waals surface area contributed by atoms with E-state index < -0.39 is 0 Å². The Morgan fingerprint density at radius 1 is 0.889 bits per heavy atom. The molecule has 0 N–H and O–H groups in total. The predicted octanol–water partition coefficient (Wildman–Crippen LogP) is 1.72. The molecule has 1 aromatic carbocycles. The van der Waals surface area contributed by atoms with E-state index in [4.69, 9.17) is 0 Å². The molecule has 0 atom stereocenters. The highest BCUT2D eigenvalue weighted by molar-refractivity contribution is 6.14. The Bertz CT molecular complexity index is 460. The molecule has 4 nitrogen and oxygen atoms in total. The minimum Gasteiger partial charge on any atom is -0.465 e. The molecule has 1 aliphatic carbocycles. The van der Waals surface area contributed by atoms with Gasteiger partial charge in [-0.2, -0.15) is 0 Å².